The van der Waals surface area contributed by atoms with E-state index in [-0.39, 0.29) is 5.41 Å². The van der Waals surface area contributed by atoms with Gasteiger partial charge in [0, 0.05) is 38.9 Å². The van der Waals surface area contributed by atoms with E-state index < -0.39 is 0 Å². The summed E-state index contributed by atoms with van der Waals surface area (Å²) >= 11 is 0. The molecule has 0 amide bonds. The average molecular weight is 1150 g/mol. The molecule has 0 radical (unpaired) electrons. The number of para-hydroxylation sites is 1. The van der Waals surface area contributed by atoms with Gasteiger partial charge in [0.1, 0.15) is 5.75 Å². The van der Waals surface area contributed by atoms with Crippen molar-refractivity contribution >= 4 is 51.0 Å². The van der Waals surface area contributed by atoms with Gasteiger partial charge in [-0.3, -0.25) is 0 Å². The SMILES string of the molecule is C=Cc1ccc(-c2ccc(OCC(C)CCCCC3(c4cc(C)ccc4C)c4ccccc4-c4ccc(N(c5ccc(-c6ccccc6)cc5)c5ccc(-c6ccc7c(c6)c6cc(-c8ccc(C=C)cc8)ccc6n7-c6ccccc6)cc5)cc43)cc2)cc1. The van der Waals surface area contributed by atoms with E-state index in [1.165, 1.54) is 99.7 Å². The lowest BCUT2D eigenvalue weighted by Crippen LogP contribution is -2.28. The highest BCUT2D eigenvalue weighted by Gasteiger charge is 2.45. The molecule has 0 aliphatic heterocycles. The largest absolute Gasteiger partial charge is 0.493 e. The van der Waals surface area contributed by atoms with E-state index in [4.69, 9.17) is 4.74 Å². The van der Waals surface area contributed by atoms with Gasteiger partial charge in [0.25, 0.3) is 0 Å². The Morgan fingerprint density at radius 1 is 0.427 bits per heavy atom. The summed E-state index contributed by atoms with van der Waals surface area (Å²) in [6.07, 6.45) is 7.98. The first-order valence-corrected chi connectivity index (χ1v) is 31.4. The van der Waals surface area contributed by atoms with Crippen molar-refractivity contribution in [2.45, 2.75) is 51.9 Å². The predicted molar refractivity (Wildman–Crippen MR) is 378 cm³/mol. The van der Waals surface area contributed by atoms with Gasteiger partial charge in [-0.1, -0.05) is 245 Å². The molecule has 2 unspecified atom stereocenters. The molecule has 13 aromatic rings. The van der Waals surface area contributed by atoms with Crippen LogP contribution in [0.2, 0.25) is 0 Å². The van der Waals surface area contributed by atoms with Gasteiger partial charge in [-0.05, 0) is 207 Å². The number of nitrogens with zero attached hydrogens (tertiary/aromatic N) is 2. The zero-order valence-corrected chi connectivity index (χ0v) is 51.0. The average Bonchev–Trinajstić information content (AvgIpc) is 1.62. The number of rotatable bonds is 19. The normalized spacial score (nSPS) is 13.7. The summed E-state index contributed by atoms with van der Waals surface area (Å²) in [5, 5.41) is 2.44. The molecule has 0 bridgehead atoms. The van der Waals surface area contributed by atoms with Crippen LogP contribution in [0.25, 0.3) is 95.3 Å². The standard InChI is InChI=1S/C86H72N2O/c1-6-62-27-31-65(32-28-62)67-39-48-76(49-40-67)89-58-60(4)18-16-17-53-86(82-54-59(3)25-26-61(82)5)81-24-15-14-23-77(81)78-50-47-75(57-83(78)86)87(73-43-35-66(36-44-73)64-19-10-8-11-20-64)74-45-37-69(38-46-74)71-42-52-85-80(56-71)79-55-70(68-33-29-63(7-2)30-34-68)41-51-84(79)88(85)72-21-12-9-13-22-72/h6-15,19-52,54-57,60H,1-2,16-18,53,58H2,3-5H3. The van der Waals surface area contributed by atoms with Gasteiger partial charge in [0.05, 0.1) is 17.6 Å². The Labute approximate surface area is 524 Å². The molecule has 1 heterocycles. The van der Waals surface area contributed by atoms with Crippen LogP contribution in [0.1, 0.15) is 71.6 Å². The molecule has 0 saturated carbocycles. The van der Waals surface area contributed by atoms with Crippen molar-refractivity contribution in [2.24, 2.45) is 5.92 Å². The number of anilines is 3. The van der Waals surface area contributed by atoms with Gasteiger partial charge in [0.15, 0.2) is 0 Å². The Balaban J connectivity index is 0.811. The molecule has 1 aliphatic rings. The number of benzene rings is 12. The maximum absolute atomic E-state index is 6.45. The Hall–Kier alpha value is -10.5. The first-order valence-electron chi connectivity index (χ1n) is 31.4. The predicted octanol–water partition coefficient (Wildman–Crippen LogP) is 23.4. The van der Waals surface area contributed by atoms with E-state index in [1.807, 2.05) is 12.2 Å². The summed E-state index contributed by atoms with van der Waals surface area (Å²) in [4.78, 5) is 2.46. The number of ether oxygens (including phenoxy) is 1. The molecule has 12 aromatic carbocycles. The zero-order chi connectivity index (χ0) is 60.4. The van der Waals surface area contributed by atoms with Gasteiger partial charge in [-0.15, -0.1) is 0 Å². The Morgan fingerprint density at radius 3 is 1.49 bits per heavy atom. The highest BCUT2D eigenvalue weighted by Crippen LogP contribution is 2.57. The molecule has 432 valence electrons. The molecular weight excluding hydrogens is 1080 g/mol. The van der Waals surface area contributed by atoms with E-state index in [0.717, 1.165) is 70.9 Å². The third-order valence-corrected chi connectivity index (χ3v) is 18.6. The number of hydrogen-bond donors (Lipinski definition) is 0. The van der Waals surface area contributed by atoms with Crippen molar-refractivity contribution < 1.29 is 4.74 Å². The first-order chi connectivity index (χ1) is 43.7. The van der Waals surface area contributed by atoms with E-state index in [2.05, 4.69) is 322 Å². The summed E-state index contributed by atoms with van der Waals surface area (Å²) in [6.45, 7) is 15.5. The topological polar surface area (TPSA) is 17.4 Å². The van der Waals surface area contributed by atoms with Crippen molar-refractivity contribution in [1.82, 2.24) is 4.57 Å². The lowest BCUT2D eigenvalue weighted by atomic mass is 9.67. The fraction of sp³-hybridized carbons (Fsp3) is 0.116. The molecule has 1 aliphatic carbocycles. The van der Waals surface area contributed by atoms with E-state index >= 15 is 0 Å². The number of aromatic nitrogens is 1. The van der Waals surface area contributed by atoms with Crippen LogP contribution in [-0.2, 0) is 5.41 Å². The third kappa shape index (κ3) is 10.9. The van der Waals surface area contributed by atoms with Gasteiger partial charge < -0.3 is 14.2 Å². The summed E-state index contributed by atoms with van der Waals surface area (Å²) in [5.41, 5.74) is 27.5. The van der Waals surface area contributed by atoms with Crippen LogP contribution in [0.5, 0.6) is 5.75 Å². The molecule has 2 atom stereocenters. The van der Waals surface area contributed by atoms with E-state index in [9.17, 15) is 0 Å². The molecule has 1 aromatic heterocycles. The second-order valence-corrected chi connectivity index (χ2v) is 24.3. The minimum absolute atomic E-state index is 0.378. The third-order valence-electron chi connectivity index (χ3n) is 18.6. The van der Waals surface area contributed by atoms with Crippen LogP contribution >= 0.6 is 0 Å². The summed E-state index contributed by atoms with van der Waals surface area (Å²) < 4.78 is 8.85. The molecule has 3 heteroatoms. The lowest BCUT2D eigenvalue weighted by molar-refractivity contribution is 0.248. The van der Waals surface area contributed by atoms with Crippen molar-refractivity contribution in [2.75, 3.05) is 11.5 Å². The van der Waals surface area contributed by atoms with Gasteiger partial charge in [-0.25, -0.2) is 0 Å². The summed E-state index contributed by atoms with van der Waals surface area (Å²) in [5.74, 6) is 1.30. The first kappa shape index (κ1) is 56.3. The molecule has 0 N–H and O–H groups in total. The molecule has 0 saturated heterocycles. The van der Waals surface area contributed by atoms with Crippen molar-refractivity contribution in [3.8, 4) is 67.1 Å². The fourth-order valence-corrected chi connectivity index (χ4v) is 13.9. The smallest absolute Gasteiger partial charge is 0.119 e. The van der Waals surface area contributed by atoms with Crippen LogP contribution in [0.15, 0.2) is 292 Å². The fourth-order valence-electron chi connectivity index (χ4n) is 13.9. The molecule has 0 fully saturated rings. The molecule has 3 nitrogen and oxygen atoms in total. The minimum Gasteiger partial charge on any atom is -0.493 e. The number of hydrogen-bond acceptors (Lipinski definition) is 2. The Morgan fingerprint density at radius 2 is 0.910 bits per heavy atom. The van der Waals surface area contributed by atoms with Gasteiger partial charge >= 0.3 is 0 Å². The Bertz CT molecular complexity index is 4690. The maximum Gasteiger partial charge on any atom is 0.119 e. The van der Waals surface area contributed by atoms with E-state index in [0.29, 0.717) is 12.5 Å². The van der Waals surface area contributed by atoms with Gasteiger partial charge in [0.2, 0.25) is 0 Å². The second-order valence-electron chi connectivity index (χ2n) is 24.3. The highest BCUT2D eigenvalue weighted by atomic mass is 16.5. The van der Waals surface area contributed by atoms with Gasteiger partial charge in [-0.2, -0.15) is 0 Å². The van der Waals surface area contributed by atoms with Crippen LogP contribution in [0.4, 0.5) is 17.1 Å². The second kappa shape index (κ2) is 24.4. The molecular formula is C86H72N2O. The van der Waals surface area contributed by atoms with Crippen molar-refractivity contribution in [1.29, 1.82) is 0 Å². The van der Waals surface area contributed by atoms with Crippen LogP contribution in [0, 0.1) is 19.8 Å². The quantitative estimate of drug-likeness (QED) is 0.0751. The Kier molecular flexibility index (Phi) is 15.4. The lowest BCUT2D eigenvalue weighted by Gasteiger charge is -2.36. The monoisotopic (exact) mass is 1150 g/mol. The van der Waals surface area contributed by atoms with Crippen LogP contribution in [0.3, 0.4) is 0 Å². The zero-order valence-electron chi connectivity index (χ0n) is 51.0. The number of unbranched alkanes of at least 4 members (excludes halogenated alkanes) is 1. The molecule has 89 heavy (non-hydrogen) atoms. The molecule has 0 spiro atoms. The van der Waals surface area contributed by atoms with Crippen molar-refractivity contribution in [3.63, 3.8) is 0 Å². The van der Waals surface area contributed by atoms with Crippen molar-refractivity contribution in [3.05, 3.63) is 331 Å². The highest BCUT2D eigenvalue weighted by molar-refractivity contribution is 6.11. The van der Waals surface area contributed by atoms with E-state index in [1.54, 1.807) is 0 Å². The number of fused-ring (bicyclic) bond motifs is 6. The van der Waals surface area contributed by atoms with Crippen LogP contribution < -0.4 is 9.64 Å². The maximum atomic E-state index is 6.45. The minimum atomic E-state index is -0.378. The summed E-state index contributed by atoms with van der Waals surface area (Å²) in [7, 11) is 0. The summed E-state index contributed by atoms with van der Waals surface area (Å²) in [6, 6.07) is 103. The van der Waals surface area contributed by atoms with Crippen LogP contribution in [-0.4, -0.2) is 11.2 Å². The number of aryl methyl sites for hydroxylation is 2. The molecule has 14 rings (SSSR count).